The zero-order chi connectivity index (χ0) is 17.8. The average Bonchev–Trinajstić information content (AvgIpc) is 2.65. The number of fused-ring (bicyclic) bond motifs is 1. The highest BCUT2D eigenvalue weighted by atomic mass is 35.5. The van der Waals surface area contributed by atoms with E-state index in [9.17, 15) is 9.59 Å². The SMILES string of the molecule is O=C1C(Cl)=C(N2CCN(CCOCCO)CC2)C(=O)c2ccccc21. The van der Waals surface area contributed by atoms with Crippen molar-refractivity contribution >= 4 is 23.2 Å². The van der Waals surface area contributed by atoms with Crippen molar-refractivity contribution < 1.29 is 19.4 Å². The lowest BCUT2D eigenvalue weighted by atomic mass is 9.91. The summed E-state index contributed by atoms with van der Waals surface area (Å²) in [7, 11) is 0. The summed E-state index contributed by atoms with van der Waals surface area (Å²) >= 11 is 6.25. The molecule has 1 aromatic carbocycles. The Kier molecular flexibility index (Phi) is 5.86. The van der Waals surface area contributed by atoms with E-state index in [1.807, 2.05) is 4.90 Å². The smallest absolute Gasteiger partial charge is 0.211 e. The number of rotatable bonds is 6. The zero-order valence-corrected chi connectivity index (χ0v) is 14.7. The van der Waals surface area contributed by atoms with Gasteiger partial charge in [-0.2, -0.15) is 0 Å². The minimum Gasteiger partial charge on any atom is -0.394 e. The maximum absolute atomic E-state index is 12.8. The first kappa shape index (κ1) is 18.1. The first-order valence-corrected chi connectivity index (χ1v) is 8.75. The number of nitrogens with zero attached hydrogens (tertiary/aromatic N) is 2. The Labute approximate surface area is 151 Å². The van der Waals surface area contributed by atoms with Gasteiger partial charge in [0.2, 0.25) is 11.6 Å². The minimum atomic E-state index is -0.285. The molecule has 7 heteroatoms. The molecule has 0 saturated carbocycles. The number of hydrogen-bond acceptors (Lipinski definition) is 6. The van der Waals surface area contributed by atoms with Crippen LogP contribution in [0.25, 0.3) is 0 Å². The van der Waals surface area contributed by atoms with Crippen molar-refractivity contribution in [2.45, 2.75) is 0 Å². The summed E-state index contributed by atoms with van der Waals surface area (Å²) in [6.45, 7) is 4.50. The van der Waals surface area contributed by atoms with Crippen molar-refractivity contribution in [3.8, 4) is 0 Å². The van der Waals surface area contributed by atoms with E-state index < -0.39 is 0 Å². The van der Waals surface area contributed by atoms with Crippen LogP contribution < -0.4 is 0 Å². The summed E-state index contributed by atoms with van der Waals surface area (Å²) in [6, 6.07) is 6.80. The van der Waals surface area contributed by atoms with Crippen molar-refractivity contribution in [1.29, 1.82) is 0 Å². The third kappa shape index (κ3) is 3.77. The fourth-order valence-electron chi connectivity index (χ4n) is 3.17. The van der Waals surface area contributed by atoms with Crippen LogP contribution in [0.3, 0.4) is 0 Å². The quantitative estimate of drug-likeness (QED) is 0.763. The van der Waals surface area contributed by atoms with Gasteiger partial charge in [0.05, 0.1) is 19.8 Å². The Morgan fingerprint density at radius 3 is 2.28 bits per heavy atom. The highest BCUT2D eigenvalue weighted by Crippen LogP contribution is 2.30. The molecular weight excluding hydrogens is 344 g/mol. The van der Waals surface area contributed by atoms with Crippen LogP contribution in [0.1, 0.15) is 20.7 Å². The molecule has 1 saturated heterocycles. The number of hydrogen-bond donors (Lipinski definition) is 1. The van der Waals surface area contributed by atoms with Crippen LogP contribution in [-0.2, 0) is 4.74 Å². The Hall–Kier alpha value is -1.73. The molecule has 2 aliphatic rings. The second-order valence-corrected chi connectivity index (χ2v) is 6.41. The lowest BCUT2D eigenvalue weighted by molar-refractivity contribution is 0.0606. The highest BCUT2D eigenvalue weighted by molar-refractivity contribution is 6.49. The number of aliphatic hydroxyl groups is 1. The van der Waals surface area contributed by atoms with Gasteiger partial charge in [-0.05, 0) is 0 Å². The number of allylic oxidation sites excluding steroid dienone is 2. The molecule has 1 aromatic rings. The monoisotopic (exact) mass is 364 g/mol. The second kappa shape index (κ2) is 8.10. The molecule has 0 radical (unpaired) electrons. The van der Waals surface area contributed by atoms with Gasteiger partial charge in [0.25, 0.3) is 0 Å². The fourth-order valence-corrected chi connectivity index (χ4v) is 3.48. The van der Waals surface area contributed by atoms with Crippen LogP contribution >= 0.6 is 11.6 Å². The van der Waals surface area contributed by atoms with Crippen LogP contribution in [0.5, 0.6) is 0 Å². The summed E-state index contributed by atoms with van der Waals surface area (Å²) in [6.07, 6.45) is 0. The van der Waals surface area contributed by atoms with Gasteiger partial charge in [0, 0.05) is 43.9 Å². The lowest BCUT2D eigenvalue weighted by Crippen LogP contribution is -2.48. The fraction of sp³-hybridized carbons (Fsp3) is 0.444. The number of ether oxygens (including phenoxy) is 1. The Balaban J connectivity index is 1.66. The van der Waals surface area contributed by atoms with E-state index in [0.29, 0.717) is 43.1 Å². The summed E-state index contributed by atoms with van der Waals surface area (Å²) in [5, 5.41) is 8.72. The topological polar surface area (TPSA) is 70.1 Å². The molecule has 1 N–H and O–H groups in total. The molecule has 0 bridgehead atoms. The van der Waals surface area contributed by atoms with Crippen LogP contribution in [0.2, 0.25) is 0 Å². The van der Waals surface area contributed by atoms with E-state index in [0.717, 1.165) is 19.6 Å². The van der Waals surface area contributed by atoms with Gasteiger partial charge in [0.15, 0.2) is 0 Å². The molecule has 0 amide bonds. The van der Waals surface area contributed by atoms with Gasteiger partial charge in [0.1, 0.15) is 10.7 Å². The van der Waals surface area contributed by atoms with Crippen LogP contribution in [0.4, 0.5) is 0 Å². The van der Waals surface area contributed by atoms with Crippen molar-refractivity contribution in [3.05, 3.63) is 46.1 Å². The van der Waals surface area contributed by atoms with Crippen molar-refractivity contribution in [2.75, 3.05) is 52.5 Å². The largest absolute Gasteiger partial charge is 0.394 e. The van der Waals surface area contributed by atoms with Gasteiger partial charge < -0.3 is 14.7 Å². The van der Waals surface area contributed by atoms with Gasteiger partial charge in [-0.25, -0.2) is 0 Å². The van der Waals surface area contributed by atoms with Crippen LogP contribution in [-0.4, -0.2) is 79.0 Å². The number of benzene rings is 1. The molecule has 1 aliphatic carbocycles. The van der Waals surface area contributed by atoms with E-state index in [1.54, 1.807) is 24.3 Å². The van der Waals surface area contributed by atoms with Gasteiger partial charge in [-0.15, -0.1) is 0 Å². The Bertz CT molecular complexity index is 696. The summed E-state index contributed by atoms with van der Waals surface area (Å²) in [4.78, 5) is 29.4. The van der Waals surface area contributed by atoms with E-state index in [-0.39, 0.29) is 23.2 Å². The summed E-state index contributed by atoms with van der Waals surface area (Å²) < 4.78 is 5.28. The summed E-state index contributed by atoms with van der Waals surface area (Å²) in [5.74, 6) is -0.466. The Morgan fingerprint density at radius 1 is 1.00 bits per heavy atom. The molecule has 6 nitrogen and oxygen atoms in total. The van der Waals surface area contributed by atoms with E-state index in [2.05, 4.69) is 4.90 Å². The number of piperazine rings is 1. The maximum atomic E-state index is 12.8. The predicted molar refractivity (Wildman–Crippen MR) is 93.9 cm³/mol. The number of aliphatic hydroxyl groups excluding tert-OH is 1. The number of carbonyl (C=O) groups is 2. The molecule has 1 aliphatic heterocycles. The average molecular weight is 365 g/mol. The number of Topliss-reactive ketones (excluding diaryl/α,β-unsaturated/α-hetero) is 2. The number of ketones is 2. The normalized spacial score (nSPS) is 18.7. The lowest BCUT2D eigenvalue weighted by Gasteiger charge is -2.38. The van der Waals surface area contributed by atoms with Gasteiger partial charge in [-0.3, -0.25) is 14.5 Å². The minimum absolute atomic E-state index is 0.0171. The molecule has 1 fully saturated rings. The highest BCUT2D eigenvalue weighted by Gasteiger charge is 2.35. The molecule has 0 spiro atoms. The first-order chi connectivity index (χ1) is 12.1. The standard InChI is InChI=1S/C18H21ClN2O4/c19-15-16(18(24)14-4-2-1-3-13(14)17(15)23)21-7-5-20(6-8-21)9-11-25-12-10-22/h1-4,22H,5-12H2. The second-order valence-electron chi connectivity index (χ2n) is 6.03. The van der Waals surface area contributed by atoms with Crippen LogP contribution in [0, 0.1) is 0 Å². The zero-order valence-electron chi connectivity index (χ0n) is 13.9. The number of halogens is 1. The van der Waals surface area contributed by atoms with Gasteiger partial charge >= 0.3 is 0 Å². The number of carbonyl (C=O) groups excluding carboxylic acids is 2. The van der Waals surface area contributed by atoms with E-state index >= 15 is 0 Å². The van der Waals surface area contributed by atoms with Crippen molar-refractivity contribution in [1.82, 2.24) is 9.80 Å². The summed E-state index contributed by atoms with van der Waals surface area (Å²) in [5.41, 5.74) is 1.12. The molecule has 0 atom stereocenters. The maximum Gasteiger partial charge on any atom is 0.211 e. The molecular formula is C18H21ClN2O4. The first-order valence-electron chi connectivity index (χ1n) is 8.37. The molecule has 3 rings (SSSR count). The predicted octanol–water partition coefficient (Wildman–Crippen LogP) is 1.14. The molecule has 0 aromatic heterocycles. The van der Waals surface area contributed by atoms with E-state index in [4.69, 9.17) is 21.4 Å². The van der Waals surface area contributed by atoms with Gasteiger partial charge in [-0.1, -0.05) is 35.9 Å². The molecule has 134 valence electrons. The van der Waals surface area contributed by atoms with Crippen LogP contribution in [0.15, 0.2) is 35.0 Å². The molecule has 1 heterocycles. The third-order valence-electron chi connectivity index (χ3n) is 4.51. The van der Waals surface area contributed by atoms with E-state index in [1.165, 1.54) is 0 Å². The molecule has 25 heavy (non-hydrogen) atoms. The Morgan fingerprint density at radius 2 is 1.64 bits per heavy atom. The third-order valence-corrected chi connectivity index (χ3v) is 4.87. The van der Waals surface area contributed by atoms with Crippen molar-refractivity contribution in [2.24, 2.45) is 0 Å². The van der Waals surface area contributed by atoms with Crippen molar-refractivity contribution in [3.63, 3.8) is 0 Å². The molecule has 0 unspecified atom stereocenters.